The van der Waals surface area contributed by atoms with Crippen LogP contribution < -0.4 is 15.4 Å². The Kier molecular flexibility index (Phi) is 2.85. The summed E-state index contributed by atoms with van der Waals surface area (Å²) >= 11 is 0. The number of rotatable bonds is 3. The zero-order valence-electron chi connectivity index (χ0n) is 8.99. The summed E-state index contributed by atoms with van der Waals surface area (Å²) in [5.41, 5.74) is 0.671. The Morgan fingerprint density at radius 3 is 3.00 bits per heavy atom. The number of hydrogen-bond donors (Lipinski definition) is 3. The van der Waals surface area contributed by atoms with Crippen molar-refractivity contribution in [2.24, 2.45) is 0 Å². The van der Waals surface area contributed by atoms with E-state index in [0.29, 0.717) is 24.5 Å². The molecule has 1 aromatic carbocycles. The Hall–Kier alpha value is -1.91. The smallest absolute Gasteiger partial charge is 0.315 e. The lowest BCUT2D eigenvalue weighted by molar-refractivity contribution is 0.247. The molecule has 5 heteroatoms. The first-order valence-electron chi connectivity index (χ1n) is 5.21. The minimum atomic E-state index is -0.216. The monoisotopic (exact) mass is 222 g/mol. The maximum Gasteiger partial charge on any atom is 0.315 e. The van der Waals surface area contributed by atoms with Crippen molar-refractivity contribution < 1.29 is 14.6 Å². The minimum absolute atomic E-state index is 0.0957. The van der Waals surface area contributed by atoms with Gasteiger partial charge in [-0.15, -0.1) is 0 Å². The zero-order valence-corrected chi connectivity index (χ0v) is 8.99. The molecule has 1 fully saturated rings. The van der Waals surface area contributed by atoms with Crippen LogP contribution in [-0.4, -0.2) is 24.3 Å². The van der Waals surface area contributed by atoms with Crippen LogP contribution in [-0.2, 0) is 0 Å². The molecule has 0 radical (unpaired) electrons. The number of phenolic OH excluding ortho intramolecular Hbond substituents is 1. The van der Waals surface area contributed by atoms with Gasteiger partial charge in [0, 0.05) is 12.1 Å². The number of para-hydroxylation sites is 1. The molecule has 16 heavy (non-hydrogen) atoms. The molecule has 1 aliphatic rings. The molecule has 1 atom stereocenters. The zero-order chi connectivity index (χ0) is 11.5. The number of hydrogen-bond acceptors (Lipinski definition) is 3. The molecule has 0 unspecified atom stereocenters. The van der Waals surface area contributed by atoms with Crippen molar-refractivity contribution in [1.29, 1.82) is 0 Å². The summed E-state index contributed by atoms with van der Waals surface area (Å²) in [4.78, 5) is 11.0. The Morgan fingerprint density at radius 1 is 1.56 bits per heavy atom. The lowest BCUT2D eigenvalue weighted by Crippen LogP contribution is -2.21. The Morgan fingerprint density at radius 2 is 2.38 bits per heavy atom. The average Bonchev–Trinajstić information content (AvgIpc) is 2.68. The second-order valence-electron chi connectivity index (χ2n) is 3.53. The van der Waals surface area contributed by atoms with Gasteiger partial charge in [-0.3, -0.25) is 0 Å². The van der Waals surface area contributed by atoms with Gasteiger partial charge in [0.25, 0.3) is 0 Å². The fourth-order valence-electron chi connectivity index (χ4n) is 1.74. The topological polar surface area (TPSA) is 70.6 Å². The van der Waals surface area contributed by atoms with E-state index in [-0.39, 0.29) is 17.8 Å². The molecule has 0 aliphatic carbocycles. The first kappa shape index (κ1) is 10.6. The van der Waals surface area contributed by atoms with Gasteiger partial charge in [0.15, 0.2) is 11.5 Å². The summed E-state index contributed by atoms with van der Waals surface area (Å²) in [5, 5.41) is 15.3. The van der Waals surface area contributed by atoms with Crippen molar-refractivity contribution in [2.75, 3.05) is 13.2 Å². The van der Waals surface area contributed by atoms with E-state index in [1.807, 2.05) is 6.92 Å². The predicted molar refractivity (Wildman–Crippen MR) is 58.6 cm³/mol. The minimum Gasteiger partial charge on any atom is -0.504 e. The van der Waals surface area contributed by atoms with Crippen LogP contribution in [0.2, 0.25) is 0 Å². The van der Waals surface area contributed by atoms with Crippen LogP contribution in [0.4, 0.5) is 4.79 Å². The third-order valence-corrected chi connectivity index (χ3v) is 2.48. The van der Waals surface area contributed by atoms with Crippen LogP contribution in [0.25, 0.3) is 0 Å². The van der Waals surface area contributed by atoms with Crippen LogP contribution in [0.15, 0.2) is 18.2 Å². The number of phenols is 1. The molecule has 0 saturated carbocycles. The molecule has 0 spiro atoms. The van der Waals surface area contributed by atoms with E-state index >= 15 is 0 Å². The predicted octanol–water partition coefficient (Wildman–Crippen LogP) is 1.14. The van der Waals surface area contributed by atoms with E-state index in [9.17, 15) is 9.90 Å². The summed E-state index contributed by atoms with van der Waals surface area (Å²) in [7, 11) is 0. The van der Waals surface area contributed by atoms with Crippen LogP contribution in [0.1, 0.15) is 18.5 Å². The Bertz CT molecular complexity index is 406. The van der Waals surface area contributed by atoms with Gasteiger partial charge in [0.1, 0.15) is 0 Å². The van der Waals surface area contributed by atoms with Gasteiger partial charge in [-0.2, -0.15) is 0 Å². The molecule has 2 rings (SSSR count). The van der Waals surface area contributed by atoms with Gasteiger partial charge in [-0.25, -0.2) is 4.79 Å². The molecule has 1 saturated heterocycles. The number of amides is 2. The number of aromatic hydroxyl groups is 1. The third kappa shape index (κ3) is 1.88. The normalized spacial score (nSPS) is 19.1. The largest absolute Gasteiger partial charge is 0.504 e. The molecule has 86 valence electrons. The number of nitrogens with one attached hydrogen (secondary N) is 2. The first-order chi connectivity index (χ1) is 7.72. The van der Waals surface area contributed by atoms with E-state index in [0.717, 1.165) is 0 Å². The summed E-state index contributed by atoms with van der Waals surface area (Å²) in [6.07, 6.45) is 0. The van der Waals surface area contributed by atoms with Crippen molar-refractivity contribution in [3.8, 4) is 11.5 Å². The lowest BCUT2D eigenvalue weighted by Gasteiger charge is -2.14. The Labute approximate surface area is 93.4 Å². The highest BCUT2D eigenvalue weighted by molar-refractivity contribution is 5.77. The molecule has 1 heterocycles. The fraction of sp³-hybridized carbons (Fsp3) is 0.364. The highest BCUT2D eigenvalue weighted by Crippen LogP contribution is 2.34. The number of carbonyl (C=O) groups excluding carboxylic acids is 1. The first-order valence-corrected chi connectivity index (χ1v) is 5.21. The Balaban J connectivity index is 2.27. The highest BCUT2D eigenvalue weighted by atomic mass is 16.5. The molecule has 0 bridgehead atoms. The maximum absolute atomic E-state index is 11.0. The van der Waals surface area contributed by atoms with E-state index in [1.165, 1.54) is 0 Å². The number of benzene rings is 1. The number of urea groups is 1. The molecule has 5 nitrogen and oxygen atoms in total. The molecule has 1 aliphatic heterocycles. The van der Waals surface area contributed by atoms with Crippen molar-refractivity contribution >= 4 is 6.03 Å². The molecule has 1 aromatic rings. The van der Waals surface area contributed by atoms with Crippen molar-refractivity contribution in [3.05, 3.63) is 23.8 Å². The summed E-state index contributed by atoms with van der Waals surface area (Å²) in [5.74, 6) is 0.541. The quantitative estimate of drug-likeness (QED) is 0.718. The van der Waals surface area contributed by atoms with Crippen LogP contribution in [0.5, 0.6) is 11.5 Å². The molecular formula is C11H14N2O3. The van der Waals surface area contributed by atoms with Crippen LogP contribution in [0, 0.1) is 0 Å². The molecular weight excluding hydrogens is 208 g/mol. The summed E-state index contributed by atoms with van der Waals surface area (Å²) in [6.45, 7) is 2.82. The fourth-order valence-corrected chi connectivity index (χ4v) is 1.74. The molecule has 3 N–H and O–H groups in total. The SMILES string of the molecule is CCOc1cccc([C@H]2CNC(=O)N2)c1O. The van der Waals surface area contributed by atoms with E-state index in [2.05, 4.69) is 10.6 Å². The summed E-state index contributed by atoms with van der Waals surface area (Å²) in [6, 6.07) is 4.85. The van der Waals surface area contributed by atoms with Gasteiger partial charge in [-0.1, -0.05) is 12.1 Å². The van der Waals surface area contributed by atoms with E-state index < -0.39 is 0 Å². The average molecular weight is 222 g/mol. The van der Waals surface area contributed by atoms with Gasteiger partial charge in [0.05, 0.1) is 12.6 Å². The van der Waals surface area contributed by atoms with E-state index in [1.54, 1.807) is 18.2 Å². The van der Waals surface area contributed by atoms with Crippen molar-refractivity contribution in [1.82, 2.24) is 10.6 Å². The van der Waals surface area contributed by atoms with Gasteiger partial charge < -0.3 is 20.5 Å². The number of carbonyl (C=O) groups is 1. The van der Waals surface area contributed by atoms with Crippen molar-refractivity contribution in [3.63, 3.8) is 0 Å². The molecule has 0 aromatic heterocycles. The standard InChI is InChI=1S/C11H14N2O3/c1-2-16-9-5-3-4-7(10(9)14)8-6-12-11(15)13-8/h3-5,8,14H,2,6H2,1H3,(H2,12,13,15)/t8-/m1/s1. The van der Waals surface area contributed by atoms with E-state index in [4.69, 9.17) is 4.74 Å². The van der Waals surface area contributed by atoms with Crippen molar-refractivity contribution in [2.45, 2.75) is 13.0 Å². The van der Waals surface area contributed by atoms with Gasteiger partial charge in [-0.05, 0) is 13.0 Å². The number of ether oxygens (including phenoxy) is 1. The van der Waals surface area contributed by atoms with Crippen LogP contribution in [0.3, 0.4) is 0 Å². The van der Waals surface area contributed by atoms with Gasteiger partial charge >= 0.3 is 6.03 Å². The third-order valence-electron chi connectivity index (χ3n) is 2.48. The molecule has 2 amide bonds. The highest BCUT2D eigenvalue weighted by Gasteiger charge is 2.25. The second kappa shape index (κ2) is 4.30. The van der Waals surface area contributed by atoms with Gasteiger partial charge in [0.2, 0.25) is 0 Å². The maximum atomic E-state index is 11.0. The second-order valence-corrected chi connectivity index (χ2v) is 3.53. The lowest BCUT2D eigenvalue weighted by atomic mass is 10.1. The summed E-state index contributed by atoms with van der Waals surface area (Å²) < 4.78 is 5.28. The van der Waals surface area contributed by atoms with Crippen LogP contribution >= 0.6 is 0 Å².